The van der Waals surface area contributed by atoms with Gasteiger partial charge in [-0.2, -0.15) is 8.42 Å². The minimum absolute atomic E-state index is 0.499. The van der Waals surface area contributed by atoms with Gasteiger partial charge in [-0.05, 0) is 37.6 Å². The molecule has 1 aromatic heterocycles. The largest absolute Gasteiger partial charge is 0.496 e. The van der Waals surface area contributed by atoms with E-state index in [4.69, 9.17) is 9.02 Å². The highest BCUT2D eigenvalue weighted by molar-refractivity contribution is 7.87. The van der Waals surface area contributed by atoms with Gasteiger partial charge in [-0.15, -0.1) is 4.28 Å². The van der Waals surface area contributed by atoms with E-state index in [0.717, 1.165) is 31.7 Å². The van der Waals surface area contributed by atoms with Crippen LogP contribution in [0.5, 0.6) is 5.75 Å². The van der Waals surface area contributed by atoms with Crippen molar-refractivity contribution in [2.45, 2.75) is 32.4 Å². The molecule has 0 aliphatic heterocycles. The molecule has 0 radical (unpaired) electrons. The fraction of sp³-hybridized carbons (Fsp3) is 0.353. The van der Waals surface area contributed by atoms with Gasteiger partial charge < -0.3 is 4.74 Å². The number of rotatable bonds is 5. The van der Waals surface area contributed by atoms with E-state index < -0.39 is 15.4 Å². The Kier molecular flexibility index (Phi) is 4.40. The minimum Gasteiger partial charge on any atom is -0.496 e. The molecule has 0 aliphatic carbocycles. The van der Waals surface area contributed by atoms with E-state index in [1.807, 2.05) is 44.2 Å². The fourth-order valence-electron chi connectivity index (χ4n) is 2.59. The van der Waals surface area contributed by atoms with E-state index in [1.165, 1.54) is 16.1 Å². The van der Waals surface area contributed by atoms with Gasteiger partial charge in [0.2, 0.25) is 0 Å². The maximum absolute atomic E-state index is 12.4. The maximum atomic E-state index is 12.4. The van der Waals surface area contributed by atoms with Gasteiger partial charge in [0.15, 0.2) is 0 Å². The first kappa shape index (κ1) is 17.0. The van der Waals surface area contributed by atoms with Gasteiger partial charge in [0.05, 0.1) is 17.7 Å². The molecule has 3 rings (SSSR count). The molecule has 0 fully saturated rings. The number of benzene rings is 2. The minimum atomic E-state index is -3.69. The lowest BCUT2D eigenvalue weighted by molar-refractivity contribution is -0.835. The molecule has 0 bridgehead atoms. The molecule has 24 heavy (non-hydrogen) atoms. The van der Waals surface area contributed by atoms with Crippen LogP contribution in [0.2, 0.25) is 0 Å². The van der Waals surface area contributed by atoms with Crippen LogP contribution in [0.15, 0.2) is 30.3 Å². The molecule has 0 spiro atoms. The zero-order valence-corrected chi connectivity index (χ0v) is 15.7. The van der Waals surface area contributed by atoms with Gasteiger partial charge in [-0.1, -0.05) is 24.3 Å². The lowest BCUT2D eigenvalue weighted by Gasteiger charge is -2.07. The number of methoxy groups -OCH3 is 1. The lowest BCUT2D eigenvalue weighted by Crippen LogP contribution is -2.49. The standard InChI is InChI=1S/C17H20NO4S2/c1-5-11(2)24(19,20)22-18-12(3)23-16-10-9-13-14(17(16)18)7-6-8-15(13)21-4/h6-11H,5H2,1-4H3/q+1. The van der Waals surface area contributed by atoms with Crippen molar-refractivity contribution in [2.75, 3.05) is 7.11 Å². The Bertz CT molecular complexity index is 1010. The molecule has 0 saturated heterocycles. The van der Waals surface area contributed by atoms with Crippen molar-refractivity contribution < 1.29 is 22.2 Å². The molecule has 0 amide bonds. The Hall–Kier alpha value is -1.86. The molecule has 0 saturated carbocycles. The fourth-order valence-corrected chi connectivity index (χ4v) is 4.54. The van der Waals surface area contributed by atoms with Crippen molar-refractivity contribution in [3.63, 3.8) is 0 Å². The third-order valence-corrected chi connectivity index (χ3v) is 6.86. The average molecular weight is 366 g/mol. The summed E-state index contributed by atoms with van der Waals surface area (Å²) >= 11 is 1.50. The summed E-state index contributed by atoms with van der Waals surface area (Å²) in [7, 11) is -2.07. The molecule has 0 N–H and O–H groups in total. The highest BCUT2D eigenvalue weighted by Crippen LogP contribution is 2.32. The molecule has 5 nitrogen and oxygen atoms in total. The normalized spacial score (nSPS) is 13.3. The van der Waals surface area contributed by atoms with Crippen molar-refractivity contribution in [3.05, 3.63) is 35.3 Å². The lowest BCUT2D eigenvalue weighted by atomic mass is 10.1. The van der Waals surface area contributed by atoms with Crippen LogP contribution < -0.4 is 13.8 Å². The van der Waals surface area contributed by atoms with Gasteiger partial charge >= 0.3 is 10.1 Å². The molecule has 1 heterocycles. The Morgan fingerprint density at radius 1 is 1.21 bits per heavy atom. The second kappa shape index (κ2) is 6.22. The van der Waals surface area contributed by atoms with Gasteiger partial charge in [0, 0.05) is 17.0 Å². The zero-order chi connectivity index (χ0) is 17.5. The van der Waals surface area contributed by atoms with Crippen molar-refractivity contribution in [3.8, 4) is 5.75 Å². The first-order valence-corrected chi connectivity index (χ1v) is 10.0. The SMILES string of the molecule is CCC(C)S(=O)(=O)O[n+]1c(C)sc2ccc3c(OC)cccc3c21. The van der Waals surface area contributed by atoms with Crippen LogP contribution in [0.1, 0.15) is 25.3 Å². The summed E-state index contributed by atoms with van der Waals surface area (Å²) < 4.78 is 38.1. The second-order valence-corrected chi connectivity index (χ2v) is 8.84. The molecular weight excluding hydrogens is 346 g/mol. The Balaban J connectivity index is 2.29. The van der Waals surface area contributed by atoms with Crippen LogP contribution in [-0.4, -0.2) is 20.8 Å². The number of nitrogens with zero attached hydrogens (tertiary/aromatic N) is 1. The van der Waals surface area contributed by atoms with E-state index in [-0.39, 0.29) is 0 Å². The first-order valence-electron chi connectivity index (χ1n) is 7.73. The highest BCUT2D eigenvalue weighted by Gasteiger charge is 2.32. The van der Waals surface area contributed by atoms with Crippen LogP contribution in [0.4, 0.5) is 0 Å². The maximum Gasteiger partial charge on any atom is 0.369 e. The summed E-state index contributed by atoms with van der Waals surface area (Å²) in [6, 6.07) is 9.67. The Labute approximate surface area is 145 Å². The molecule has 128 valence electrons. The van der Waals surface area contributed by atoms with E-state index in [9.17, 15) is 8.42 Å². The number of ether oxygens (including phenoxy) is 1. The van der Waals surface area contributed by atoms with Crippen LogP contribution >= 0.6 is 11.3 Å². The number of hydrogen-bond donors (Lipinski definition) is 0. The summed E-state index contributed by atoms with van der Waals surface area (Å²) in [5.41, 5.74) is 0.751. The second-order valence-electron chi connectivity index (χ2n) is 5.67. The molecule has 1 atom stereocenters. The summed E-state index contributed by atoms with van der Waals surface area (Å²) in [5.74, 6) is 0.745. The van der Waals surface area contributed by atoms with Gasteiger partial charge in [0.1, 0.15) is 10.4 Å². The molecule has 1 unspecified atom stereocenters. The molecule has 7 heteroatoms. The van der Waals surface area contributed by atoms with Gasteiger partial charge in [-0.3, -0.25) is 0 Å². The van der Waals surface area contributed by atoms with E-state index in [1.54, 1.807) is 14.0 Å². The molecule has 0 aliphatic rings. The summed E-state index contributed by atoms with van der Waals surface area (Å²) in [5, 5.41) is 2.02. The number of thiazole rings is 1. The van der Waals surface area contributed by atoms with E-state index >= 15 is 0 Å². The van der Waals surface area contributed by atoms with Gasteiger partial charge in [-0.25, -0.2) is 0 Å². The van der Waals surface area contributed by atoms with Crippen molar-refractivity contribution in [1.82, 2.24) is 0 Å². The average Bonchev–Trinajstić information content (AvgIpc) is 2.88. The quantitative estimate of drug-likeness (QED) is 0.651. The van der Waals surface area contributed by atoms with E-state index in [0.29, 0.717) is 6.42 Å². The van der Waals surface area contributed by atoms with E-state index in [2.05, 4.69) is 0 Å². The first-order chi connectivity index (χ1) is 11.4. The smallest absolute Gasteiger partial charge is 0.369 e. The number of hydrogen-bond acceptors (Lipinski definition) is 5. The van der Waals surface area contributed by atoms with Crippen LogP contribution in [-0.2, 0) is 10.1 Å². The van der Waals surface area contributed by atoms with Crippen LogP contribution in [0, 0.1) is 6.92 Å². The number of fused-ring (bicyclic) bond motifs is 3. The predicted octanol–water partition coefficient (Wildman–Crippen LogP) is 3.22. The summed E-state index contributed by atoms with van der Waals surface area (Å²) in [6.45, 7) is 5.33. The third kappa shape index (κ3) is 2.71. The zero-order valence-electron chi connectivity index (χ0n) is 14.1. The third-order valence-electron chi connectivity index (χ3n) is 4.17. The van der Waals surface area contributed by atoms with Gasteiger partial charge in [0.25, 0.3) is 10.5 Å². The summed E-state index contributed by atoms with van der Waals surface area (Å²) in [6.07, 6.45) is 0.499. The summed E-state index contributed by atoms with van der Waals surface area (Å²) in [4.78, 5) is 0. The number of aromatic nitrogens is 1. The monoisotopic (exact) mass is 366 g/mol. The molecular formula is C17H20NO4S2+. The van der Waals surface area contributed by atoms with Crippen LogP contribution in [0.3, 0.4) is 0 Å². The van der Waals surface area contributed by atoms with Crippen molar-refractivity contribution in [1.29, 1.82) is 0 Å². The highest BCUT2D eigenvalue weighted by atomic mass is 32.2. The Morgan fingerprint density at radius 2 is 1.96 bits per heavy atom. The Morgan fingerprint density at radius 3 is 2.62 bits per heavy atom. The van der Waals surface area contributed by atoms with Crippen molar-refractivity contribution >= 4 is 42.4 Å². The topological polar surface area (TPSA) is 56.5 Å². The number of aryl methyl sites for hydroxylation is 1. The van der Waals surface area contributed by atoms with Crippen LogP contribution in [0.25, 0.3) is 21.0 Å². The predicted molar refractivity (Wildman–Crippen MR) is 96.1 cm³/mol. The van der Waals surface area contributed by atoms with Crippen molar-refractivity contribution in [2.24, 2.45) is 0 Å². The molecule has 2 aromatic carbocycles. The molecule has 3 aromatic rings.